The van der Waals surface area contributed by atoms with Crippen LogP contribution in [0.1, 0.15) is 49.9 Å². The van der Waals surface area contributed by atoms with Crippen LogP contribution in [0, 0.1) is 19.8 Å². The number of nitrogens with one attached hydrogen (secondary N) is 1. The molecule has 1 aromatic rings. The number of carbonyl (C=O) groups is 1. The lowest BCUT2D eigenvalue weighted by molar-refractivity contribution is -0.124. The maximum atomic E-state index is 12.1. The Kier molecular flexibility index (Phi) is 5.55. The molecule has 0 spiro atoms. The molecule has 3 atom stereocenters. The highest BCUT2D eigenvalue weighted by atomic mass is 16.2. The number of hydrogen-bond donors (Lipinski definition) is 2. The van der Waals surface area contributed by atoms with Crippen molar-refractivity contribution < 1.29 is 4.79 Å². The molecular formula is C16H26N2O. The lowest BCUT2D eigenvalue weighted by Crippen LogP contribution is -2.45. The van der Waals surface area contributed by atoms with Crippen molar-refractivity contribution >= 4 is 5.91 Å². The number of nitrogens with two attached hydrogens (primary N) is 1. The van der Waals surface area contributed by atoms with Crippen LogP contribution in [0.3, 0.4) is 0 Å². The number of rotatable bonds is 5. The summed E-state index contributed by atoms with van der Waals surface area (Å²) in [6.45, 7) is 10.2. The van der Waals surface area contributed by atoms with Crippen LogP contribution in [0.4, 0.5) is 0 Å². The van der Waals surface area contributed by atoms with Gasteiger partial charge in [-0.25, -0.2) is 0 Å². The molecule has 1 aromatic carbocycles. The fourth-order valence-corrected chi connectivity index (χ4v) is 2.21. The molecule has 0 fully saturated rings. The standard InChI is InChI=1S/C16H26N2O/c1-6-11(3)15(17)16(19)18-13(5)14-8-7-10(2)9-12(14)4/h7-9,11,13,15H,6,17H2,1-5H3,(H,18,19)/t11-,13?,15-/m0/s1. The van der Waals surface area contributed by atoms with E-state index in [-0.39, 0.29) is 17.9 Å². The summed E-state index contributed by atoms with van der Waals surface area (Å²) >= 11 is 0. The van der Waals surface area contributed by atoms with Crippen LogP contribution < -0.4 is 11.1 Å². The van der Waals surface area contributed by atoms with E-state index in [1.165, 1.54) is 11.1 Å². The summed E-state index contributed by atoms with van der Waals surface area (Å²) in [6, 6.07) is 5.83. The Balaban J connectivity index is 2.74. The zero-order valence-corrected chi connectivity index (χ0v) is 12.7. The molecule has 0 saturated carbocycles. The molecule has 0 aliphatic heterocycles. The molecule has 0 heterocycles. The number of hydrogen-bond acceptors (Lipinski definition) is 2. The average Bonchev–Trinajstić information content (AvgIpc) is 2.36. The summed E-state index contributed by atoms with van der Waals surface area (Å²) in [4.78, 5) is 12.1. The Hall–Kier alpha value is -1.35. The molecule has 3 heteroatoms. The summed E-state index contributed by atoms with van der Waals surface area (Å²) in [5.74, 6) is 0.133. The van der Waals surface area contributed by atoms with Gasteiger partial charge in [-0.05, 0) is 37.8 Å². The van der Waals surface area contributed by atoms with Crippen molar-refractivity contribution in [3.63, 3.8) is 0 Å². The first-order valence-corrected chi connectivity index (χ1v) is 6.99. The second-order valence-corrected chi connectivity index (χ2v) is 5.50. The minimum atomic E-state index is -0.432. The number of aryl methyl sites for hydroxylation is 2. The Morgan fingerprint density at radius 3 is 2.47 bits per heavy atom. The number of carbonyl (C=O) groups excluding carboxylic acids is 1. The SMILES string of the molecule is CC[C@H](C)[C@H](N)C(=O)NC(C)c1ccc(C)cc1C. The molecule has 19 heavy (non-hydrogen) atoms. The van der Waals surface area contributed by atoms with Crippen molar-refractivity contribution in [3.8, 4) is 0 Å². The predicted octanol–water partition coefficient (Wildman–Crippen LogP) is 2.85. The largest absolute Gasteiger partial charge is 0.348 e. The van der Waals surface area contributed by atoms with Gasteiger partial charge in [-0.1, -0.05) is 44.0 Å². The molecule has 106 valence electrons. The van der Waals surface area contributed by atoms with Gasteiger partial charge < -0.3 is 11.1 Å². The van der Waals surface area contributed by atoms with E-state index in [0.717, 1.165) is 12.0 Å². The number of amides is 1. The molecule has 0 aliphatic carbocycles. The van der Waals surface area contributed by atoms with Gasteiger partial charge in [0.15, 0.2) is 0 Å². The minimum absolute atomic E-state index is 0.0109. The van der Waals surface area contributed by atoms with Crippen LogP contribution in [0.2, 0.25) is 0 Å². The Bertz CT molecular complexity index is 442. The van der Waals surface area contributed by atoms with Gasteiger partial charge in [0.2, 0.25) is 5.91 Å². The summed E-state index contributed by atoms with van der Waals surface area (Å²) < 4.78 is 0. The van der Waals surface area contributed by atoms with Gasteiger partial charge in [-0.3, -0.25) is 4.79 Å². The highest BCUT2D eigenvalue weighted by Gasteiger charge is 2.21. The van der Waals surface area contributed by atoms with Crippen molar-refractivity contribution in [2.45, 2.75) is 53.1 Å². The number of benzene rings is 1. The quantitative estimate of drug-likeness (QED) is 0.857. The second-order valence-electron chi connectivity index (χ2n) is 5.50. The van der Waals surface area contributed by atoms with Gasteiger partial charge in [0.1, 0.15) is 0 Å². The third kappa shape index (κ3) is 4.06. The van der Waals surface area contributed by atoms with Crippen molar-refractivity contribution in [3.05, 3.63) is 34.9 Å². The minimum Gasteiger partial charge on any atom is -0.348 e. The Morgan fingerprint density at radius 1 is 1.32 bits per heavy atom. The zero-order valence-electron chi connectivity index (χ0n) is 12.7. The maximum Gasteiger partial charge on any atom is 0.237 e. The highest BCUT2D eigenvalue weighted by molar-refractivity contribution is 5.82. The van der Waals surface area contributed by atoms with Crippen molar-refractivity contribution in [2.75, 3.05) is 0 Å². The molecule has 1 amide bonds. The third-order valence-electron chi connectivity index (χ3n) is 3.81. The Labute approximate surface area is 116 Å². The first-order chi connectivity index (χ1) is 8.86. The van der Waals surface area contributed by atoms with Gasteiger partial charge in [0, 0.05) is 0 Å². The van der Waals surface area contributed by atoms with E-state index in [0.29, 0.717) is 0 Å². The Morgan fingerprint density at radius 2 is 1.95 bits per heavy atom. The zero-order chi connectivity index (χ0) is 14.6. The molecule has 0 aromatic heterocycles. The molecule has 0 aliphatic rings. The van der Waals surface area contributed by atoms with Crippen LogP contribution in [-0.2, 0) is 4.79 Å². The van der Waals surface area contributed by atoms with Crippen molar-refractivity contribution in [2.24, 2.45) is 11.7 Å². The van der Waals surface area contributed by atoms with Crippen LogP contribution in [0.15, 0.2) is 18.2 Å². The third-order valence-corrected chi connectivity index (χ3v) is 3.81. The topological polar surface area (TPSA) is 55.1 Å². The lowest BCUT2D eigenvalue weighted by atomic mass is 9.97. The molecule has 1 rings (SSSR count). The molecular weight excluding hydrogens is 236 g/mol. The maximum absolute atomic E-state index is 12.1. The van der Waals surface area contributed by atoms with E-state index in [1.54, 1.807) is 0 Å². The van der Waals surface area contributed by atoms with E-state index in [1.807, 2.05) is 20.8 Å². The van der Waals surface area contributed by atoms with Crippen LogP contribution in [0.5, 0.6) is 0 Å². The highest BCUT2D eigenvalue weighted by Crippen LogP contribution is 2.19. The van der Waals surface area contributed by atoms with E-state index in [9.17, 15) is 4.79 Å². The van der Waals surface area contributed by atoms with Crippen molar-refractivity contribution in [1.29, 1.82) is 0 Å². The molecule has 3 nitrogen and oxygen atoms in total. The molecule has 0 radical (unpaired) electrons. The summed E-state index contributed by atoms with van der Waals surface area (Å²) in [7, 11) is 0. The van der Waals surface area contributed by atoms with Crippen LogP contribution in [-0.4, -0.2) is 11.9 Å². The molecule has 0 bridgehead atoms. The van der Waals surface area contributed by atoms with E-state index in [4.69, 9.17) is 5.73 Å². The smallest absolute Gasteiger partial charge is 0.237 e. The van der Waals surface area contributed by atoms with E-state index < -0.39 is 6.04 Å². The van der Waals surface area contributed by atoms with Crippen LogP contribution >= 0.6 is 0 Å². The van der Waals surface area contributed by atoms with Gasteiger partial charge in [0.25, 0.3) is 0 Å². The molecule has 1 unspecified atom stereocenters. The van der Waals surface area contributed by atoms with Gasteiger partial charge in [0.05, 0.1) is 12.1 Å². The summed E-state index contributed by atoms with van der Waals surface area (Å²) in [6.07, 6.45) is 0.909. The van der Waals surface area contributed by atoms with Crippen LogP contribution in [0.25, 0.3) is 0 Å². The average molecular weight is 262 g/mol. The normalized spacial score (nSPS) is 15.7. The lowest BCUT2D eigenvalue weighted by Gasteiger charge is -2.22. The molecule has 0 saturated heterocycles. The van der Waals surface area contributed by atoms with E-state index >= 15 is 0 Å². The molecule has 3 N–H and O–H groups in total. The first kappa shape index (κ1) is 15.7. The van der Waals surface area contributed by atoms with Gasteiger partial charge in [-0.2, -0.15) is 0 Å². The summed E-state index contributed by atoms with van der Waals surface area (Å²) in [5, 5.41) is 3.01. The van der Waals surface area contributed by atoms with E-state index in [2.05, 4.69) is 37.4 Å². The summed E-state index contributed by atoms with van der Waals surface area (Å²) in [5.41, 5.74) is 9.53. The predicted molar refractivity (Wildman–Crippen MR) is 79.9 cm³/mol. The first-order valence-electron chi connectivity index (χ1n) is 6.99. The van der Waals surface area contributed by atoms with Crippen molar-refractivity contribution in [1.82, 2.24) is 5.32 Å². The van der Waals surface area contributed by atoms with Gasteiger partial charge >= 0.3 is 0 Å². The fourth-order valence-electron chi connectivity index (χ4n) is 2.21. The fraction of sp³-hybridized carbons (Fsp3) is 0.562. The van der Waals surface area contributed by atoms with Gasteiger partial charge in [-0.15, -0.1) is 0 Å². The second kappa shape index (κ2) is 6.71. The monoisotopic (exact) mass is 262 g/mol.